The van der Waals surface area contributed by atoms with Gasteiger partial charge in [-0.05, 0) is 42.8 Å². The van der Waals surface area contributed by atoms with Gasteiger partial charge < -0.3 is 10.1 Å². The lowest BCUT2D eigenvalue weighted by molar-refractivity contribution is 0.416. The van der Waals surface area contributed by atoms with E-state index in [1.807, 2.05) is 13.0 Å². The lowest BCUT2D eigenvalue weighted by Crippen LogP contribution is -1.98. The summed E-state index contributed by atoms with van der Waals surface area (Å²) in [6.45, 7) is 1.87. The third kappa shape index (κ3) is 2.55. The van der Waals surface area contributed by atoms with E-state index in [1.165, 1.54) is 0 Å². The molecule has 0 bridgehead atoms. The number of ether oxygens (including phenoxy) is 1. The molecular weight excluding hydrogens is 250 g/mol. The van der Waals surface area contributed by atoms with E-state index in [0.29, 0.717) is 22.6 Å². The van der Waals surface area contributed by atoms with Crippen molar-refractivity contribution in [2.75, 3.05) is 12.4 Å². The van der Waals surface area contributed by atoms with Crippen molar-refractivity contribution in [1.29, 1.82) is 10.5 Å². The van der Waals surface area contributed by atoms with Crippen LogP contribution in [0.4, 0.5) is 11.4 Å². The Morgan fingerprint density at radius 1 is 1.05 bits per heavy atom. The Balaban J connectivity index is 2.43. The normalized spacial score (nSPS) is 9.40. The van der Waals surface area contributed by atoms with Gasteiger partial charge in [-0.2, -0.15) is 10.5 Å². The molecular formula is C16H13N3O. The van der Waals surface area contributed by atoms with Gasteiger partial charge in [0, 0.05) is 5.69 Å². The van der Waals surface area contributed by atoms with Gasteiger partial charge in [-0.3, -0.25) is 0 Å². The first-order valence-corrected chi connectivity index (χ1v) is 6.04. The summed E-state index contributed by atoms with van der Waals surface area (Å²) in [7, 11) is 1.56. The van der Waals surface area contributed by atoms with Crippen LogP contribution in [0.15, 0.2) is 36.4 Å². The molecule has 0 aliphatic carbocycles. The molecule has 0 spiro atoms. The monoisotopic (exact) mass is 263 g/mol. The number of nitrogens with zero attached hydrogens (tertiary/aromatic N) is 2. The van der Waals surface area contributed by atoms with Gasteiger partial charge in [-0.1, -0.05) is 6.07 Å². The minimum atomic E-state index is 0.506. The van der Waals surface area contributed by atoms with Crippen LogP contribution in [0.2, 0.25) is 0 Å². The molecule has 98 valence electrons. The SMILES string of the molecule is COc1cccc(C#N)c1Nc1ccc(C#N)c(C)c1. The molecule has 0 aliphatic heterocycles. The van der Waals surface area contributed by atoms with Crippen molar-refractivity contribution in [3.63, 3.8) is 0 Å². The minimum Gasteiger partial charge on any atom is -0.495 e. The van der Waals surface area contributed by atoms with Crippen molar-refractivity contribution in [3.05, 3.63) is 53.1 Å². The van der Waals surface area contributed by atoms with Gasteiger partial charge in [-0.15, -0.1) is 0 Å². The zero-order valence-corrected chi connectivity index (χ0v) is 11.3. The maximum absolute atomic E-state index is 9.16. The summed E-state index contributed by atoms with van der Waals surface area (Å²) in [6.07, 6.45) is 0. The Morgan fingerprint density at radius 2 is 1.80 bits per heavy atom. The van der Waals surface area contributed by atoms with E-state index in [4.69, 9.17) is 15.3 Å². The van der Waals surface area contributed by atoms with Gasteiger partial charge in [0.25, 0.3) is 0 Å². The van der Waals surface area contributed by atoms with Gasteiger partial charge in [0.05, 0.1) is 30.0 Å². The first kappa shape index (κ1) is 13.5. The second kappa shape index (κ2) is 5.77. The highest BCUT2D eigenvalue weighted by Gasteiger charge is 2.09. The molecule has 1 N–H and O–H groups in total. The van der Waals surface area contributed by atoms with Crippen molar-refractivity contribution in [2.24, 2.45) is 0 Å². The third-order valence-electron chi connectivity index (χ3n) is 2.98. The number of nitrogens with one attached hydrogen (secondary N) is 1. The van der Waals surface area contributed by atoms with Crippen LogP contribution in [0.5, 0.6) is 5.75 Å². The Kier molecular flexibility index (Phi) is 3.88. The maximum Gasteiger partial charge on any atom is 0.143 e. The molecule has 0 saturated heterocycles. The fourth-order valence-electron chi connectivity index (χ4n) is 1.93. The maximum atomic E-state index is 9.16. The second-order valence-corrected chi connectivity index (χ2v) is 4.26. The summed E-state index contributed by atoms with van der Waals surface area (Å²) in [4.78, 5) is 0. The number of methoxy groups -OCH3 is 1. The average Bonchev–Trinajstić information content (AvgIpc) is 2.47. The minimum absolute atomic E-state index is 0.506. The molecule has 2 rings (SSSR count). The van der Waals surface area contributed by atoms with Gasteiger partial charge in [0.2, 0.25) is 0 Å². The smallest absolute Gasteiger partial charge is 0.143 e. The van der Waals surface area contributed by atoms with Crippen LogP contribution in [0.3, 0.4) is 0 Å². The quantitative estimate of drug-likeness (QED) is 0.920. The van der Waals surface area contributed by atoms with Crippen molar-refractivity contribution < 1.29 is 4.74 Å². The molecule has 0 heterocycles. The molecule has 0 fully saturated rings. The molecule has 4 nitrogen and oxygen atoms in total. The Morgan fingerprint density at radius 3 is 2.40 bits per heavy atom. The molecule has 2 aromatic carbocycles. The molecule has 0 atom stereocenters. The van der Waals surface area contributed by atoms with E-state index >= 15 is 0 Å². The fourth-order valence-corrected chi connectivity index (χ4v) is 1.93. The molecule has 4 heteroatoms. The molecule has 20 heavy (non-hydrogen) atoms. The van der Waals surface area contributed by atoms with E-state index < -0.39 is 0 Å². The summed E-state index contributed by atoms with van der Waals surface area (Å²) in [5.74, 6) is 0.603. The molecule has 0 radical (unpaired) electrons. The highest BCUT2D eigenvalue weighted by molar-refractivity contribution is 5.73. The molecule has 0 unspecified atom stereocenters. The number of hydrogen-bond donors (Lipinski definition) is 1. The lowest BCUT2D eigenvalue weighted by atomic mass is 10.1. The predicted molar refractivity (Wildman–Crippen MR) is 76.9 cm³/mol. The number of rotatable bonds is 3. The Bertz CT molecular complexity index is 723. The van der Waals surface area contributed by atoms with Crippen LogP contribution in [-0.4, -0.2) is 7.11 Å². The number of anilines is 2. The Hall–Kier alpha value is -2.98. The molecule has 0 aliphatic rings. The zero-order valence-electron chi connectivity index (χ0n) is 11.3. The average molecular weight is 263 g/mol. The highest BCUT2D eigenvalue weighted by atomic mass is 16.5. The van der Waals surface area contributed by atoms with Crippen molar-refractivity contribution in [1.82, 2.24) is 0 Å². The molecule has 2 aromatic rings. The summed E-state index contributed by atoms with van der Waals surface area (Å²) in [5, 5.41) is 21.3. The third-order valence-corrected chi connectivity index (χ3v) is 2.98. The van der Waals surface area contributed by atoms with E-state index in [1.54, 1.807) is 37.4 Å². The highest BCUT2D eigenvalue weighted by Crippen LogP contribution is 2.31. The molecule has 0 saturated carbocycles. The Labute approximate surface area is 117 Å². The lowest BCUT2D eigenvalue weighted by Gasteiger charge is -2.13. The van der Waals surface area contributed by atoms with E-state index in [9.17, 15) is 0 Å². The van der Waals surface area contributed by atoms with Crippen LogP contribution < -0.4 is 10.1 Å². The van der Waals surface area contributed by atoms with E-state index in [2.05, 4.69) is 17.5 Å². The van der Waals surface area contributed by atoms with Gasteiger partial charge in [0.1, 0.15) is 11.8 Å². The van der Waals surface area contributed by atoms with Gasteiger partial charge >= 0.3 is 0 Å². The standard InChI is InChI=1S/C16H13N3O/c1-11-8-14(7-6-12(11)9-17)19-16-13(10-18)4-3-5-15(16)20-2/h3-8,19H,1-2H3. The topological polar surface area (TPSA) is 68.8 Å². The number of benzene rings is 2. The largest absolute Gasteiger partial charge is 0.495 e. The van der Waals surface area contributed by atoms with Gasteiger partial charge in [0.15, 0.2) is 0 Å². The van der Waals surface area contributed by atoms with E-state index in [-0.39, 0.29) is 0 Å². The molecule has 0 amide bonds. The number of nitriles is 2. The summed E-state index contributed by atoms with van der Waals surface area (Å²) in [5.41, 5.74) is 3.46. The van der Waals surface area contributed by atoms with Crippen LogP contribution in [0.1, 0.15) is 16.7 Å². The van der Waals surface area contributed by atoms with Gasteiger partial charge in [-0.25, -0.2) is 0 Å². The van der Waals surface area contributed by atoms with Crippen LogP contribution >= 0.6 is 0 Å². The summed E-state index contributed by atoms with van der Waals surface area (Å²) in [6, 6.07) is 15.0. The second-order valence-electron chi connectivity index (χ2n) is 4.26. The van der Waals surface area contributed by atoms with Crippen LogP contribution in [-0.2, 0) is 0 Å². The number of aryl methyl sites for hydroxylation is 1. The van der Waals surface area contributed by atoms with Crippen LogP contribution in [0, 0.1) is 29.6 Å². The molecule has 0 aromatic heterocycles. The first-order chi connectivity index (χ1) is 9.69. The van der Waals surface area contributed by atoms with Crippen molar-refractivity contribution in [2.45, 2.75) is 6.92 Å². The first-order valence-electron chi connectivity index (χ1n) is 6.04. The predicted octanol–water partition coefficient (Wildman–Crippen LogP) is 3.49. The summed E-state index contributed by atoms with van der Waals surface area (Å²) >= 11 is 0. The fraction of sp³-hybridized carbons (Fsp3) is 0.125. The number of para-hydroxylation sites is 1. The van der Waals surface area contributed by atoms with Crippen molar-refractivity contribution in [3.8, 4) is 17.9 Å². The van der Waals surface area contributed by atoms with Crippen LogP contribution in [0.25, 0.3) is 0 Å². The van der Waals surface area contributed by atoms with E-state index in [0.717, 1.165) is 11.3 Å². The zero-order chi connectivity index (χ0) is 14.5. The van der Waals surface area contributed by atoms with Crippen molar-refractivity contribution >= 4 is 11.4 Å². The number of hydrogen-bond acceptors (Lipinski definition) is 4. The summed E-state index contributed by atoms with van der Waals surface area (Å²) < 4.78 is 5.27.